The maximum Gasteiger partial charge on any atom is 0.251 e. The van der Waals surface area contributed by atoms with Crippen LogP contribution < -0.4 is 10.2 Å². The third-order valence-corrected chi connectivity index (χ3v) is 5.66. The number of rotatable bonds is 4. The molecule has 1 unspecified atom stereocenters. The monoisotopic (exact) mass is 397 g/mol. The van der Waals surface area contributed by atoms with E-state index in [0.29, 0.717) is 5.56 Å². The Morgan fingerprint density at radius 2 is 1.90 bits per heavy atom. The second kappa shape index (κ2) is 7.99. The molecule has 4 aromatic rings. The Kier molecular flexibility index (Phi) is 4.89. The van der Waals surface area contributed by atoms with Crippen molar-refractivity contribution in [1.29, 1.82) is 0 Å². The molecule has 6 heteroatoms. The van der Waals surface area contributed by atoms with Gasteiger partial charge < -0.3 is 10.2 Å². The Hall–Kier alpha value is -3.67. The van der Waals surface area contributed by atoms with E-state index in [1.807, 2.05) is 36.4 Å². The standard InChI is InChI=1S/C24H23N5O/c30-24(26-19-5-4-14-29(16-19)20-6-2-1-3-7-20)18-8-9-22-21(15-18)23(28-27-22)17-10-12-25-13-11-17/h1-3,6-13,15,19H,4-5,14,16H2,(H,26,30)(H,27,28). The predicted molar refractivity (Wildman–Crippen MR) is 118 cm³/mol. The van der Waals surface area contributed by atoms with E-state index >= 15 is 0 Å². The van der Waals surface area contributed by atoms with Gasteiger partial charge in [-0.05, 0) is 55.3 Å². The molecule has 3 heterocycles. The van der Waals surface area contributed by atoms with Crippen LogP contribution in [0, 0.1) is 0 Å². The smallest absolute Gasteiger partial charge is 0.251 e. The number of para-hydroxylation sites is 1. The number of aromatic amines is 1. The normalized spacial score (nSPS) is 16.5. The third-order valence-electron chi connectivity index (χ3n) is 5.66. The van der Waals surface area contributed by atoms with Crippen molar-refractivity contribution in [3.05, 3.63) is 78.6 Å². The molecule has 1 fully saturated rings. The lowest BCUT2D eigenvalue weighted by molar-refractivity contribution is 0.0933. The van der Waals surface area contributed by atoms with Crippen LogP contribution in [0.15, 0.2) is 73.1 Å². The first-order valence-electron chi connectivity index (χ1n) is 10.3. The second-order valence-electron chi connectivity index (χ2n) is 7.66. The molecule has 2 aromatic carbocycles. The number of amides is 1. The van der Waals surface area contributed by atoms with Crippen molar-refractivity contribution >= 4 is 22.5 Å². The number of fused-ring (bicyclic) bond motifs is 1. The average molecular weight is 397 g/mol. The van der Waals surface area contributed by atoms with Gasteiger partial charge in [-0.25, -0.2) is 0 Å². The number of nitrogens with one attached hydrogen (secondary N) is 2. The van der Waals surface area contributed by atoms with Gasteiger partial charge in [0.1, 0.15) is 5.69 Å². The highest BCUT2D eigenvalue weighted by Gasteiger charge is 2.22. The SMILES string of the molecule is O=C(NC1CCCN(c2ccccc2)C1)c1ccc2[nH]nc(-c3ccncc3)c2c1. The van der Waals surface area contributed by atoms with Gasteiger partial charge in [0, 0.05) is 53.7 Å². The summed E-state index contributed by atoms with van der Waals surface area (Å²) in [6.45, 7) is 1.85. The number of carbonyl (C=O) groups excluding carboxylic acids is 1. The van der Waals surface area contributed by atoms with Crippen LogP contribution in [-0.2, 0) is 0 Å². The zero-order valence-corrected chi connectivity index (χ0v) is 16.6. The lowest BCUT2D eigenvalue weighted by Crippen LogP contribution is -2.47. The van der Waals surface area contributed by atoms with E-state index < -0.39 is 0 Å². The quantitative estimate of drug-likeness (QED) is 0.545. The Labute approximate surface area is 174 Å². The van der Waals surface area contributed by atoms with Crippen LogP contribution in [0.4, 0.5) is 5.69 Å². The number of piperidine rings is 1. The van der Waals surface area contributed by atoms with E-state index in [9.17, 15) is 4.79 Å². The fourth-order valence-corrected chi connectivity index (χ4v) is 4.12. The van der Waals surface area contributed by atoms with Crippen molar-refractivity contribution < 1.29 is 4.79 Å². The third kappa shape index (κ3) is 3.64. The summed E-state index contributed by atoms with van der Waals surface area (Å²) in [7, 11) is 0. The Morgan fingerprint density at radius 3 is 2.73 bits per heavy atom. The highest BCUT2D eigenvalue weighted by molar-refractivity contribution is 6.01. The van der Waals surface area contributed by atoms with Gasteiger partial charge in [0.2, 0.25) is 0 Å². The fourth-order valence-electron chi connectivity index (χ4n) is 4.12. The van der Waals surface area contributed by atoms with Gasteiger partial charge in [0.05, 0.1) is 5.52 Å². The molecule has 30 heavy (non-hydrogen) atoms. The molecule has 1 amide bonds. The van der Waals surface area contributed by atoms with E-state index in [1.165, 1.54) is 5.69 Å². The summed E-state index contributed by atoms with van der Waals surface area (Å²) in [5, 5.41) is 11.6. The van der Waals surface area contributed by atoms with Crippen molar-refractivity contribution in [3.63, 3.8) is 0 Å². The number of hydrogen-bond donors (Lipinski definition) is 2. The first-order chi connectivity index (χ1) is 14.8. The Morgan fingerprint density at radius 1 is 1.07 bits per heavy atom. The van der Waals surface area contributed by atoms with Gasteiger partial charge in [-0.1, -0.05) is 18.2 Å². The highest BCUT2D eigenvalue weighted by atomic mass is 16.1. The second-order valence-corrected chi connectivity index (χ2v) is 7.66. The van der Waals surface area contributed by atoms with E-state index in [4.69, 9.17) is 0 Å². The number of hydrogen-bond acceptors (Lipinski definition) is 4. The summed E-state index contributed by atoms with van der Waals surface area (Å²) >= 11 is 0. The number of benzene rings is 2. The van der Waals surface area contributed by atoms with Crippen LogP contribution in [0.25, 0.3) is 22.2 Å². The molecular weight excluding hydrogens is 374 g/mol. The van der Waals surface area contributed by atoms with Gasteiger partial charge in [-0.2, -0.15) is 5.10 Å². The van der Waals surface area contributed by atoms with Gasteiger partial charge in [0.15, 0.2) is 0 Å². The van der Waals surface area contributed by atoms with Crippen molar-refractivity contribution in [2.75, 3.05) is 18.0 Å². The van der Waals surface area contributed by atoms with Gasteiger partial charge in [-0.15, -0.1) is 0 Å². The van der Waals surface area contributed by atoms with Crippen molar-refractivity contribution in [3.8, 4) is 11.3 Å². The number of H-pyrrole nitrogens is 1. The molecule has 0 saturated carbocycles. The molecule has 1 aliphatic heterocycles. The van der Waals surface area contributed by atoms with Gasteiger partial charge >= 0.3 is 0 Å². The Bertz CT molecular complexity index is 1160. The molecule has 1 saturated heterocycles. The van der Waals surface area contributed by atoms with E-state index in [-0.39, 0.29) is 11.9 Å². The van der Waals surface area contributed by atoms with Crippen LogP contribution in [0.1, 0.15) is 23.2 Å². The molecule has 0 radical (unpaired) electrons. The predicted octanol–water partition coefficient (Wildman–Crippen LogP) is 4.02. The zero-order valence-electron chi connectivity index (χ0n) is 16.6. The summed E-state index contributed by atoms with van der Waals surface area (Å²) in [6, 6.07) is 20.0. The van der Waals surface area contributed by atoms with Crippen LogP contribution in [0.3, 0.4) is 0 Å². The number of nitrogens with zero attached hydrogens (tertiary/aromatic N) is 3. The number of aromatic nitrogens is 3. The molecule has 150 valence electrons. The fraction of sp³-hybridized carbons (Fsp3) is 0.208. The minimum Gasteiger partial charge on any atom is -0.369 e. The first kappa shape index (κ1) is 18.4. The molecular formula is C24H23N5O. The largest absolute Gasteiger partial charge is 0.369 e. The highest BCUT2D eigenvalue weighted by Crippen LogP contribution is 2.27. The Balaban J connectivity index is 1.35. The molecule has 1 aliphatic rings. The maximum absolute atomic E-state index is 13.0. The molecule has 2 aromatic heterocycles. The summed E-state index contributed by atoms with van der Waals surface area (Å²) in [6.07, 6.45) is 5.54. The molecule has 0 spiro atoms. The van der Waals surface area contributed by atoms with Crippen LogP contribution in [0.5, 0.6) is 0 Å². The van der Waals surface area contributed by atoms with Crippen molar-refractivity contribution in [1.82, 2.24) is 20.5 Å². The number of pyridine rings is 1. The minimum absolute atomic E-state index is 0.0429. The molecule has 2 N–H and O–H groups in total. The topological polar surface area (TPSA) is 73.9 Å². The summed E-state index contributed by atoms with van der Waals surface area (Å²) in [5.41, 5.74) is 4.56. The van der Waals surface area contributed by atoms with E-state index in [2.05, 4.69) is 49.7 Å². The number of carbonyl (C=O) groups is 1. The lowest BCUT2D eigenvalue weighted by Gasteiger charge is -2.34. The molecule has 0 aliphatic carbocycles. The molecule has 0 bridgehead atoms. The van der Waals surface area contributed by atoms with Gasteiger partial charge in [0.25, 0.3) is 5.91 Å². The molecule has 6 nitrogen and oxygen atoms in total. The van der Waals surface area contributed by atoms with Crippen LogP contribution >= 0.6 is 0 Å². The summed E-state index contributed by atoms with van der Waals surface area (Å²) < 4.78 is 0. The summed E-state index contributed by atoms with van der Waals surface area (Å²) in [5.74, 6) is -0.0429. The first-order valence-corrected chi connectivity index (χ1v) is 10.3. The van der Waals surface area contributed by atoms with E-state index in [0.717, 1.165) is 48.1 Å². The molecule has 1 atom stereocenters. The van der Waals surface area contributed by atoms with Crippen molar-refractivity contribution in [2.45, 2.75) is 18.9 Å². The summed E-state index contributed by atoms with van der Waals surface area (Å²) in [4.78, 5) is 19.4. The van der Waals surface area contributed by atoms with E-state index in [1.54, 1.807) is 12.4 Å². The number of anilines is 1. The van der Waals surface area contributed by atoms with Crippen LogP contribution in [0.2, 0.25) is 0 Å². The minimum atomic E-state index is -0.0429. The lowest BCUT2D eigenvalue weighted by atomic mass is 10.0. The van der Waals surface area contributed by atoms with Crippen molar-refractivity contribution in [2.24, 2.45) is 0 Å². The average Bonchev–Trinajstić information content (AvgIpc) is 3.24. The van der Waals surface area contributed by atoms with Gasteiger partial charge in [-0.3, -0.25) is 14.9 Å². The maximum atomic E-state index is 13.0. The zero-order chi connectivity index (χ0) is 20.3. The van der Waals surface area contributed by atoms with Crippen LogP contribution in [-0.4, -0.2) is 40.2 Å². The molecule has 5 rings (SSSR count).